The second-order valence-electron chi connectivity index (χ2n) is 5.68. The Morgan fingerprint density at radius 2 is 2.04 bits per heavy atom. The van der Waals surface area contributed by atoms with Crippen LogP contribution in [0.2, 0.25) is 0 Å². The van der Waals surface area contributed by atoms with E-state index in [1.807, 2.05) is 35.9 Å². The Bertz CT molecular complexity index is 910. The number of hydrogen-bond donors (Lipinski definition) is 2. The lowest BCUT2D eigenvalue weighted by Crippen LogP contribution is -2.34. The summed E-state index contributed by atoms with van der Waals surface area (Å²) in [5, 5.41) is 5.38. The summed E-state index contributed by atoms with van der Waals surface area (Å²) >= 11 is 0. The van der Waals surface area contributed by atoms with Crippen LogP contribution in [0, 0.1) is 5.82 Å². The molecule has 0 fully saturated rings. The number of amides is 2. The van der Waals surface area contributed by atoms with Crippen LogP contribution < -0.4 is 15.4 Å². The SMILES string of the molecule is COc1cccc(C(NC(=O)Nc2ccccc2F)c2nccn2C)c1. The zero-order chi connectivity index (χ0) is 18.5. The van der Waals surface area contributed by atoms with Crippen molar-refractivity contribution in [1.29, 1.82) is 0 Å². The van der Waals surface area contributed by atoms with Crippen LogP contribution in [0.4, 0.5) is 14.9 Å². The van der Waals surface area contributed by atoms with Crippen molar-refractivity contribution in [3.63, 3.8) is 0 Å². The monoisotopic (exact) mass is 354 g/mol. The number of aromatic nitrogens is 2. The summed E-state index contributed by atoms with van der Waals surface area (Å²) in [6, 6.07) is 12.3. The topological polar surface area (TPSA) is 68.2 Å². The predicted molar refractivity (Wildman–Crippen MR) is 96.6 cm³/mol. The van der Waals surface area contributed by atoms with Gasteiger partial charge < -0.3 is 19.9 Å². The zero-order valence-corrected chi connectivity index (χ0v) is 14.4. The van der Waals surface area contributed by atoms with Gasteiger partial charge in [0, 0.05) is 19.4 Å². The van der Waals surface area contributed by atoms with Crippen molar-refractivity contribution in [2.24, 2.45) is 7.05 Å². The molecular weight excluding hydrogens is 335 g/mol. The third kappa shape index (κ3) is 3.83. The number of urea groups is 1. The first-order chi connectivity index (χ1) is 12.6. The minimum atomic E-state index is -0.536. The Morgan fingerprint density at radius 1 is 1.23 bits per heavy atom. The number of imidazole rings is 1. The van der Waals surface area contributed by atoms with Gasteiger partial charge in [0.15, 0.2) is 0 Å². The van der Waals surface area contributed by atoms with Crippen LogP contribution in [-0.2, 0) is 7.05 Å². The average molecular weight is 354 g/mol. The van der Waals surface area contributed by atoms with Crippen molar-refractivity contribution in [2.45, 2.75) is 6.04 Å². The fraction of sp³-hybridized carbons (Fsp3) is 0.158. The van der Waals surface area contributed by atoms with Gasteiger partial charge in [-0.25, -0.2) is 14.2 Å². The summed E-state index contributed by atoms with van der Waals surface area (Å²) in [7, 11) is 3.42. The maximum absolute atomic E-state index is 13.8. The van der Waals surface area contributed by atoms with E-state index in [0.29, 0.717) is 11.6 Å². The number of rotatable bonds is 5. The van der Waals surface area contributed by atoms with Gasteiger partial charge in [0.25, 0.3) is 0 Å². The molecule has 0 aliphatic rings. The molecule has 1 heterocycles. The normalized spacial score (nSPS) is 11.7. The summed E-state index contributed by atoms with van der Waals surface area (Å²) < 4.78 is 20.8. The number of benzene rings is 2. The Balaban J connectivity index is 1.88. The van der Waals surface area contributed by atoms with Crippen molar-refractivity contribution >= 4 is 11.7 Å². The highest BCUT2D eigenvalue weighted by molar-refractivity contribution is 5.89. The Morgan fingerprint density at radius 3 is 2.73 bits per heavy atom. The van der Waals surface area contributed by atoms with Gasteiger partial charge in [0.1, 0.15) is 23.4 Å². The molecule has 3 aromatic rings. The fourth-order valence-electron chi connectivity index (χ4n) is 2.63. The quantitative estimate of drug-likeness (QED) is 0.737. The zero-order valence-electron chi connectivity index (χ0n) is 14.4. The smallest absolute Gasteiger partial charge is 0.320 e. The van der Waals surface area contributed by atoms with Gasteiger partial charge in [-0.1, -0.05) is 24.3 Å². The van der Waals surface area contributed by atoms with Crippen LogP contribution in [0.5, 0.6) is 5.75 Å². The molecule has 134 valence electrons. The molecule has 0 spiro atoms. The van der Waals surface area contributed by atoms with Crippen LogP contribution in [-0.4, -0.2) is 22.7 Å². The number of aryl methyl sites for hydroxylation is 1. The number of methoxy groups -OCH3 is 1. The van der Waals surface area contributed by atoms with Gasteiger partial charge in [0.2, 0.25) is 0 Å². The number of para-hydroxylation sites is 1. The van der Waals surface area contributed by atoms with Crippen LogP contribution in [0.15, 0.2) is 60.9 Å². The summed E-state index contributed by atoms with van der Waals surface area (Å²) in [6.45, 7) is 0. The van der Waals surface area contributed by atoms with E-state index in [1.54, 1.807) is 31.6 Å². The number of carbonyl (C=O) groups is 1. The third-order valence-electron chi connectivity index (χ3n) is 3.94. The molecule has 2 aromatic carbocycles. The lowest BCUT2D eigenvalue weighted by molar-refractivity contribution is 0.249. The minimum Gasteiger partial charge on any atom is -0.497 e. The van der Waals surface area contributed by atoms with Crippen molar-refractivity contribution in [1.82, 2.24) is 14.9 Å². The highest BCUT2D eigenvalue weighted by Crippen LogP contribution is 2.24. The molecule has 7 heteroatoms. The van der Waals surface area contributed by atoms with Gasteiger partial charge in [-0.3, -0.25) is 0 Å². The van der Waals surface area contributed by atoms with E-state index in [9.17, 15) is 9.18 Å². The number of hydrogen-bond acceptors (Lipinski definition) is 3. The molecule has 0 saturated carbocycles. The first kappa shape index (κ1) is 17.5. The number of nitrogens with zero attached hydrogens (tertiary/aromatic N) is 2. The second-order valence-corrected chi connectivity index (χ2v) is 5.68. The second kappa shape index (κ2) is 7.69. The number of ether oxygens (including phenoxy) is 1. The molecule has 0 saturated heterocycles. The number of anilines is 1. The van der Waals surface area contributed by atoms with E-state index >= 15 is 0 Å². The molecule has 0 radical (unpaired) electrons. The molecule has 26 heavy (non-hydrogen) atoms. The van der Waals surface area contributed by atoms with Crippen molar-refractivity contribution < 1.29 is 13.9 Å². The molecule has 6 nitrogen and oxygen atoms in total. The molecule has 2 N–H and O–H groups in total. The molecule has 2 amide bonds. The molecule has 0 aliphatic carbocycles. The van der Waals surface area contributed by atoms with E-state index in [0.717, 1.165) is 5.56 Å². The minimum absolute atomic E-state index is 0.106. The van der Waals surface area contributed by atoms with Crippen LogP contribution in [0.25, 0.3) is 0 Å². The molecule has 0 aliphatic heterocycles. The molecule has 1 aromatic heterocycles. The summed E-state index contributed by atoms with van der Waals surface area (Å²) in [5.74, 6) is 0.803. The number of halogens is 1. The summed E-state index contributed by atoms with van der Waals surface area (Å²) in [4.78, 5) is 16.8. The van der Waals surface area contributed by atoms with Crippen molar-refractivity contribution in [3.05, 3.63) is 78.1 Å². The van der Waals surface area contributed by atoms with Gasteiger partial charge in [-0.05, 0) is 29.8 Å². The summed E-state index contributed by atoms with van der Waals surface area (Å²) in [6.07, 6.45) is 3.44. The lowest BCUT2D eigenvalue weighted by Gasteiger charge is -2.20. The van der Waals surface area contributed by atoms with Gasteiger partial charge in [-0.2, -0.15) is 0 Å². The van der Waals surface area contributed by atoms with E-state index in [2.05, 4.69) is 15.6 Å². The predicted octanol–water partition coefficient (Wildman–Crippen LogP) is 3.48. The number of nitrogens with one attached hydrogen (secondary N) is 2. The van der Waals surface area contributed by atoms with Gasteiger partial charge >= 0.3 is 6.03 Å². The Labute approximate surface area is 150 Å². The van der Waals surface area contributed by atoms with E-state index in [1.165, 1.54) is 12.1 Å². The first-order valence-corrected chi connectivity index (χ1v) is 8.01. The maximum atomic E-state index is 13.8. The fourth-order valence-corrected chi connectivity index (χ4v) is 2.63. The van der Waals surface area contributed by atoms with E-state index in [-0.39, 0.29) is 5.69 Å². The van der Waals surface area contributed by atoms with Gasteiger partial charge in [0.05, 0.1) is 12.8 Å². The van der Waals surface area contributed by atoms with Crippen LogP contribution in [0.1, 0.15) is 17.4 Å². The van der Waals surface area contributed by atoms with Gasteiger partial charge in [-0.15, -0.1) is 0 Å². The molecule has 0 bridgehead atoms. The number of carbonyl (C=O) groups excluding carboxylic acids is 1. The maximum Gasteiger partial charge on any atom is 0.320 e. The molecule has 1 unspecified atom stereocenters. The third-order valence-corrected chi connectivity index (χ3v) is 3.94. The first-order valence-electron chi connectivity index (χ1n) is 8.01. The van der Waals surface area contributed by atoms with Crippen molar-refractivity contribution in [2.75, 3.05) is 12.4 Å². The average Bonchev–Trinajstić information content (AvgIpc) is 3.07. The molecule has 1 atom stereocenters. The van der Waals surface area contributed by atoms with Crippen LogP contribution in [0.3, 0.4) is 0 Å². The van der Waals surface area contributed by atoms with Crippen LogP contribution >= 0.6 is 0 Å². The molecule has 3 rings (SSSR count). The standard InChI is InChI=1S/C19H19FN4O2/c1-24-11-10-21-18(24)17(13-6-5-7-14(12-13)26-2)23-19(25)22-16-9-4-3-8-15(16)20/h3-12,17H,1-2H3,(H2,22,23,25). The largest absolute Gasteiger partial charge is 0.497 e. The van der Waals surface area contributed by atoms with E-state index in [4.69, 9.17) is 4.74 Å². The van der Waals surface area contributed by atoms with Crippen molar-refractivity contribution in [3.8, 4) is 5.75 Å². The highest BCUT2D eigenvalue weighted by atomic mass is 19.1. The molecular formula is C19H19FN4O2. The lowest BCUT2D eigenvalue weighted by atomic mass is 10.1. The Hall–Kier alpha value is -3.35. The van der Waals surface area contributed by atoms with E-state index < -0.39 is 17.9 Å². The highest BCUT2D eigenvalue weighted by Gasteiger charge is 2.21. The Kier molecular flexibility index (Phi) is 5.17. The summed E-state index contributed by atoms with van der Waals surface area (Å²) in [5.41, 5.74) is 0.900.